The lowest BCUT2D eigenvalue weighted by Crippen LogP contribution is -2.55. The van der Waals surface area contributed by atoms with E-state index in [0.717, 1.165) is 44.9 Å². The first-order valence-corrected chi connectivity index (χ1v) is 12.8. The van der Waals surface area contributed by atoms with Gasteiger partial charge in [0.2, 0.25) is 0 Å². The number of benzene rings is 3. The normalized spacial score (nSPS) is 20.7. The van der Waals surface area contributed by atoms with Gasteiger partial charge in [0.1, 0.15) is 24.7 Å². The summed E-state index contributed by atoms with van der Waals surface area (Å²) in [5, 5.41) is 0. The number of nitrogens with zero attached hydrogens (tertiary/aromatic N) is 1. The van der Waals surface area contributed by atoms with Crippen molar-refractivity contribution in [1.82, 2.24) is 4.90 Å². The van der Waals surface area contributed by atoms with Crippen molar-refractivity contribution in [2.75, 3.05) is 6.61 Å². The Morgan fingerprint density at radius 2 is 1.62 bits per heavy atom. The zero-order chi connectivity index (χ0) is 26.2. The molecule has 0 saturated carbocycles. The molecule has 0 aromatic heterocycles. The van der Waals surface area contributed by atoms with Crippen LogP contribution >= 0.6 is 0 Å². The van der Waals surface area contributed by atoms with Crippen molar-refractivity contribution < 1.29 is 23.8 Å². The van der Waals surface area contributed by atoms with Crippen LogP contribution in [0, 0.1) is 20.8 Å². The van der Waals surface area contributed by atoms with Crippen LogP contribution in [0.1, 0.15) is 46.7 Å². The number of carbonyl (C=O) groups is 2. The highest BCUT2D eigenvalue weighted by Gasteiger charge is 2.49. The number of cyclic esters (lactones) is 1. The summed E-state index contributed by atoms with van der Waals surface area (Å²) in [5.74, 6) is 1.24. The van der Waals surface area contributed by atoms with Crippen molar-refractivity contribution in [2.24, 2.45) is 0 Å². The molecule has 1 saturated heterocycles. The number of imide groups is 1. The summed E-state index contributed by atoms with van der Waals surface area (Å²) in [6.07, 6.45) is 1.06. The van der Waals surface area contributed by atoms with Crippen molar-refractivity contribution in [3.63, 3.8) is 0 Å². The van der Waals surface area contributed by atoms with E-state index in [9.17, 15) is 9.59 Å². The van der Waals surface area contributed by atoms with Gasteiger partial charge in [0, 0.05) is 12.0 Å². The van der Waals surface area contributed by atoms with Gasteiger partial charge in [-0.1, -0.05) is 60.7 Å². The third-order valence-corrected chi connectivity index (χ3v) is 7.66. The van der Waals surface area contributed by atoms with Crippen LogP contribution in [0.3, 0.4) is 0 Å². The zero-order valence-corrected chi connectivity index (χ0v) is 21.9. The maximum Gasteiger partial charge on any atom is 0.417 e. The molecule has 2 atom stereocenters. The lowest BCUT2D eigenvalue weighted by Gasteiger charge is -2.39. The molecule has 6 heteroatoms. The van der Waals surface area contributed by atoms with E-state index < -0.39 is 11.7 Å². The molecule has 192 valence electrons. The van der Waals surface area contributed by atoms with Crippen molar-refractivity contribution in [1.29, 1.82) is 0 Å². The molecule has 2 aliphatic heterocycles. The van der Waals surface area contributed by atoms with E-state index in [1.165, 1.54) is 4.90 Å². The molecular formula is C31H33NO5. The molecule has 0 N–H and O–H groups in total. The fourth-order valence-corrected chi connectivity index (χ4v) is 5.33. The lowest BCUT2D eigenvalue weighted by molar-refractivity contribution is -0.146. The summed E-state index contributed by atoms with van der Waals surface area (Å²) < 4.78 is 18.1. The van der Waals surface area contributed by atoms with Crippen LogP contribution in [-0.4, -0.2) is 35.2 Å². The predicted molar refractivity (Wildman–Crippen MR) is 141 cm³/mol. The smallest absolute Gasteiger partial charge is 0.417 e. The van der Waals surface area contributed by atoms with E-state index >= 15 is 0 Å². The molecule has 2 amide bonds. The highest BCUT2D eigenvalue weighted by molar-refractivity contribution is 5.98. The number of fused-ring (bicyclic) bond motifs is 1. The van der Waals surface area contributed by atoms with Gasteiger partial charge < -0.3 is 14.2 Å². The molecule has 0 spiro atoms. The molecule has 37 heavy (non-hydrogen) atoms. The Hall–Kier alpha value is -3.80. The number of amides is 2. The molecule has 0 bridgehead atoms. The standard InChI is InChI=1S/C31H33NO5/c1-20-21(2)28-26(22(3)27(20)35-18-24-13-9-6-10-14-24)15-16-31(4,37-28)29(33)32-25(19-36-30(32)34)17-23-11-7-5-8-12-23/h5-14,25H,15-19H2,1-4H3/t25?,31-/m0/s1. The van der Waals surface area contributed by atoms with E-state index in [0.29, 0.717) is 25.9 Å². The topological polar surface area (TPSA) is 65.1 Å². The van der Waals surface area contributed by atoms with Crippen molar-refractivity contribution in [3.05, 3.63) is 94.0 Å². The summed E-state index contributed by atoms with van der Waals surface area (Å²) in [4.78, 5) is 27.8. The zero-order valence-electron chi connectivity index (χ0n) is 21.9. The van der Waals surface area contributed by atoms with Gasteiger partial charge in [-0.15, -0.1) is 0 Å². The molecule has 3 aromatic carbocycles. The van der Waals surface area contributed by atoms with Crippen LogP contribution in [0.2, 0.25) is 0 Å². The monoisotopic (exact) mass is 499 g/mol. The fourth-order valence-electron chi connectivity index (χ4n) is 5.33. The van der Waals surface area contributed by atoms with Gasteiger partial charge in [-0.3, -0.25) is 4.79 Å². The van der Waals surface area contributed by atoms with Crippen LogP contribution in [0.25, 0.3) is 0 Å². The van der Waals surface area contributed by atoms with Crippen LogP contribution in [-0.2, 0) is 29.0 Å². The minimum absolute atomic E-state index is 0.186. The third kappa shape index (κ3) is 4.68. The maximum atomic E-state index is 13.8. The van der Waals surface area contributed by atoms with Gasteiger partial charge >= 0.3 is 6.09 Å². The largest absolute Gasteiger partial charge is 0.488 e. The van der Waals surface area contributed by atoms with Crippen molar-refractivity contribution >= 4 is 12.0 Å². The van der Waals surface area contributed by atoms with Gasteiger partial charge in [0.05, 0.1) is 6.04 Å². The summed E-state index contributed by atoms with van der Waals surface area (Å²) >= 11 is 0. The minimum Gasteiger partial charge on any atom is -0.488 e. The Labute approximate surface area is 218 Å². The van der Waals surface area contributed by atoms with Gasteiger partial charge in [-0.05, 0) is 68.4 Å². The van der Waals surface area contributed by atoms with Crippen LogP contribution < -0.4 is 9.47 Å². The second-order valence-corrected chi connectivity index (χ2v) is 10.2. The van der Waals surface area contributed by atoms with Crippen LogP contribution in [0.15, 0.2) is 60.7 Å². The van der Waals surface area contributed by atoms with Gasteiger partial charge in [-0.25, -0.2) is 9.69 Å². The Bertz CT molecular complexity index is 1320. The average Bonchev–Trinajstić information content (AvgIpc) is 3.27. The molecule has 1 unspecified atom stereocenters. The fraction of sp³-hybridized carbons (Fsp3) is 0.355. The van der Waals surface area contributed by atoms with Crippen LogP contribution in [0.5, 0.6) is 11.5 Å². The summed E-state index contributed by atoms with van der Waals surface area (Å²) in [6, 6.07) is 19.6. The Morgan fingerprint density at radius 3 is 2.30 bits per heavy atom. The number of hydrogen-bond donors (Lipinski definition) is 0. The molecule has 2 heterocycles. The third-order valence-electron chi connectivity index (χ3n) is 7.66. The highest BCUT2D eigenvalue weighted by atomic mass is 16.6. The maximum absolute atomic E-state index is 13.8. The quantitative estimate of drug-likeness (QED) is 0.425. The second kappa shape index (κ2) is 9.92. The number of ether oxygens (including phenoxy) is 3. The lowest BCUT2D eigenvalue weighted by atomic mass is 9.86. The number of hydrogen-bond acceptors (Lipinski definition) is 5. The molecule has 3 aromatic rings. The molecule has 2 aliphatic rings. The highest BCUT2D eigenvalue weighted by Crippen LogP contribution is 2.44. The predicted octanol–water partition coefficient (Wildman–Crippen LogP) is 5.86. The Balaban J connectivity index is 1.39. The first-order valence-electron chi connectivity index (χ1n) is 12.8. The first kappa shape index (κ1) is 24.9. The Morgan fingerprint density at radius 1 is 0.973 bits per heavy atom. The summed E-state index contributed by atoms with van der Waals surface area (Å²) in [6.45, 7) is 8.53. The molecule has 6 nitrogen and oxygen atoms in total. The summed E-state index contributed by atoms with van der Waals surface area (Å²) in [5.41, 5.74) is 5.02. The molecule has 0 radical (unpaired) electrons. The van der Waals surface area contributed by atoms with E-state index in [-0.39, 0.29) is 18.6 Å². The summed E-state index contributed by atoms with van der Waals surface area (Å²) in [7, 11) is 0. The average molecular weight is 500 g/mol. The Kier molecular flexibility index (Phi) is 6.67. The minimum atomic E-state index is -1.17. The SMILES string of the molecule is Cc1c(C)c2c(c(C)c1OCc1ccccc1)CC[C@@](C)(C(=O)N1C(=O)OCC1Cc1ccccc1)O2. The molecule has 1 fully saturated rings. The van der Waals surface area contributed by atoms with Crippen molar-refractivity contribution in [2.45, 2.75) is 65.2 Å². The van der Waals surface area contributed by atoms with Crippen molar-refractivity contribution in [3.8, 4) is 11.5 Å². The van der Waals surface area contributed by atoms with E-state index in [1.54, 1.807) is 6.92 Å². The van der Waals surface area contributed by atoms with Gasteiger partial charge in [0.25, 0.3) is 5.91 Å². The van der Waals surface area contributed by atoms with E-state index in [4.69, 9.17) is 14.2 Å². The van der Waals surface area contributed by atoms with E-state index in [2.05, 4.69) is 0 Å². The second-order valence-electron chi connectivity index (χ2n) is 10.2. The molecule has 5 rings (SSSR count). The van der Waals surface area contributed by atoms with Gasteiger partial charge in [-0.2, -0.15) is 0 Å². The number of carbonyl (C=O) groups excluding carboxylic acids is 2. The number of rotatable bonds is 6. The van der Waals surface area contributed by atoms with Crippen LogP contribution in [0.4, 0.5) is 4.79 Å². The molecular weight excluding hydrogens is 466 g/mol. The van der Waals surface area contributed by atoms with E-state index in [1.807, 2.05) is 81.4 Å². The first-order chi connectivity index (χ1) is 17.8. The molecule has 0 aliphatic carbocycles. The van der Waals surface area contributed by atoms with Gasteiger partial charge in [0.15, 0.2) is 5.60 Å².